The largest absolute Gasteiger partial charge is 0.337 e. The van der Waals surface area contributed by atoms with Crippen LogP contribution < -0.4 is 5.32 Å². The number of carbonyl (C=O) groups is 1. The van der Waals surface area contributed by atoms with E-state index in [-0.39, 0.29) is 18.3 Å². The highest BCUT2D eigenvalue weighted by Gasteiger charge is 2.25. The molecule has 0 aromatic heterocycles. The minimum atomic E-state index is 0. The maximum Gasteiger partial charge on any atom is 0.253 e. The SMILES string of the molecule is CNC1CCN(C(=O)c2ccc(Cl)c(Br)c2)C1.Cl. The molecule has 1 aliphatic rings. The number of benzene rings is 1. The number of nitrogens with zero attached hydrogens (tertiary/aromatic N) is 1. The van der Waals surface area contributed by atoms with Crippen molar-refractivity contribution < 1.29 is 4.79 Å². The lowest BCUT2D eigenvalue weighted by atomic mass is 10.2. The van der Waals surface area contributed by atoms with E-state index < -0.39 is 0 Å². The minimum absolute atomic E-state index is 0. The Morgan fingerprint density at radius 1 is 1.56 bits per heavy atom. The van der Waals surface area contributed by atoms with Gasteiger partial charge in [0.15, 0.2) is 0 Å². The van der Waals surface area contributed by atoms with E-state index in [1.54, 1.807) is 18.2 Å². The monoisotopic (exact) mass is 352 g/mol. The Morgan fingerprint density at radius 3 is 2.83 bits per heavy atom. The van der Waals surface area contributed by atoms with Gasteiger partial charge >= 0.3 is 0 Å². The zero-order valence-corrected chi connectivity index (χ0v) is 13.1. The number of rotatable bonds is 2. The van der Waals surface area contributed by atoms with E-state index in [0.29, 0.717) is 16.6 Å². The molecule has 0 saturated carbocycles. The number of nitrogens with one attached hydrogen (secondary N) is 1. The Morgan fingerprint density at radius 2 is 2.28 bits per heavy atom. The highest BCUT2D eigenvalue weighted by Crippen LogP contribution is 2.24. The molecule has 1 N–H and O–H groups in total. The third kappa shape index (κ3) is 3.38. The molecule has 1 amide bonds. The van der Waals surface area contributed by atoms with Crippen molar-refractivity contribution in [3.05, 3.63) is 33.3 Å². The molecule has 1 saturated heterocycles. The lowest BCUT2D eigenvalue weighted by molar-refractivity contribution is 0.0789. The molecule has 1 unspecified atom stereocenters. The van der Waals surface area contributed by atoms with Gasteiger partial charge in [-0.25, -0.2) is 0 Å². The second-order valence-electron chi connectivity index (χ2n) is 4.15. The summed E-state index contributed by atoms with van der Waals surface area (Å²) in [6, 6.07) is 5.69. The van der Waals surface area contributed by atoms with E-state index >= 15 is 0 Å². The Bertz CT molecular complexity index is 442. The second kappa shape index (κ2) is 6.75. The number of hydrogen-bond acceptors (Lipinski definition) is 2. The predicted octanol–water partition coefficient (Wildman–Crippen LogP) is 2.96. The molecule has 6 heteroatoms. The van der Waals surface area contributed by atoms with E-state index in [0.717, 1.165) is 24.0 Å². The molecule has 0 spiro atoms. The lowest BCUT2D eigenvalue weighted by Gasteiger charge is -2.16. The van der Waals surface area contributed by atoms with Crippen LogP contribution in [0.4, 0.5) is 0 Å². The molecule has 0 aliphatic carbocycles. The molecule has 0 radical (unpaired) electrons. The van der Waals surface area contributed by atoms with E-state index in [9.17, 15) is 4.79 Å². The smallest absolute Gasteiger partial charge is 0.253 e. The van der Waals surface area contributed by atoms with Gasteiger partial charge in [-0.15, -0.1) is 12.4 Å². The first-order valence-corrected chi connectivity index (χ1v) is 6.70. The van der Waals surface area contributed by atoms with Crippen molar-refractivity contribution in [3.63, 3.8) is 0 Å². The van der Waals surface area contributed by atoms with Crippen LogP contribution in [-0.2, 0) is 0 Å². The van der Waals surface area contributed by atoms with Crippen LogP contribution in [0, 0.1) is 0 Å². The van der Waals surface area contributed by atoms with E-state index in [1.807, 2.05) is 11.9 Å². The summed E-state index contributed by atoms with van der Waals surface area (Å²) in [5, 5.41) is 3.82. The third-order valence-corrected chi connectivity index (χ3v) is 4.26. The number of amides is 1. The molecular weight excluding hydrogens is 339 g/mol. The van der Waals surface area contributed by atoms with Gasteiger partial charge in [0.25, 0.3) is 5.91 Å². The van der Waals surface area contributed by atoms with Crippen molar-refractivity contribution in [1.82, 2.24) is 10.2 Å². The van der Waals surface area contributed by atoms with Crippen molar-refractivity contribution in [2.24, 2.45) is 0 Å². The first-order valence-electron chi connectivity index (χ1n) is 5.53. The van der Waals surface area contributed by atoms with Crippen molar-refractivity contribution in [1.29, 1.82) is 0 Å². The summed E-state index contributed by atoms with van der Waals surface area (Å²) in [5.74, 6) is 0.0696. The fraction of sp³-hybridized carbons (Fsp3) is 0.417. The standard InChI is InChI=1S/C12H14BrClN2O.ClH/c1-15-9-4-5-16(7-9)12(17)8-2-3-11(14)10(13)6-8;/h2-3,6,9,15H,4-5,7H2,1H3;1H. The lowest BCUT2D eigenvalue weighted by Crippen LogP contribution is -2.33. The molecule has 100 valence electrons. The van der Waals surface area contributed by atoms with Crippen molar-refractivity contribution in [3.8, 4) is 0 Å². The van der Waals surface area contributed by atoms with Crippen LogP contribution >= 0.6 is 39.9 Å². The molecule has 1 heterocycles. The highest BCUT2D eigenvalue weighted by molar-refractivity contribution is 9.10. The molecule has 3 nitrogen and oxygen atoms in total. The summed E-state index contributed by atoms with van der Waals surface area (Å²) < 4.78 is 0.759. The minimum Gasteiger partial charge on any atom is -0.337 e. The van der Waals surface area contributed by atoms with Gasteiger partial charge in [0, 0.05) is 29.2 Å². The van der Waals surface area contributed by atoms with Gasteiger partial charge in [0.1, 0.15) is 0 Å². The fourth-order valence-corrected chi connectivity index (χ4v) is 2.49. The summed E-state index contributed by atoms with van der Waals surface area (Å²) in [7, 11) is 1.93. The molecule has 2 rings (SSSR count). The van der Waals surface area contributed by atoms with Crippen LogP contribution in [0.25, 0.3) is 0 Å². The maximum absolute atomic E-state index is 12.2. The quantitative estimate of drug-likeness (QED) is 0.886. The van der Waals surface area contributed by atoms with E-state index in [1.165, 1.54) is 0 Å². The molecule has 18 heavy (non-hydrogen) atoms. The molecule has 1 aromatic rings. The molecule has 1 atom stereocenters. The summed E-state index contributed by atoms with van der Waals surface area (Å²) in [6.07, 6.45) is 1.01. The average Bonchev–Trinajstić information content (AvgIpc) is 2.80. The molecule has 0 bridgehead atoms. The molecular formula is C12H15BrCl2N2O. The third-order valence-electron chi connectivity index (χ3n) is 3.05. The van der Waals surface area contributed by atoms with Crippen LogP contribution in [-0.4, -0.2) is 37.0 Å². The van der Waals surface area contributed by atoms with Gasteiger partial charge < -0.3 is 10.2 Å². The van der Waals surface area contributed by atoms with Crippen molar-refractivity contribution in [2.45, 2.75) is 12.5 Å². The van der Waals surface area contributed by atoms with E-state index in [2.05, 4.69) is 21.2 Å². The Labute approximate surface area is 126 Å². The number of likely N-dealkylation sites (tertiary alicyclic amines) is 1. The number of hydrogen-bond donors (Lipinski definition) is 1. The molecule has 1 aromatic carbocycles. The Balaban J connectivity index is 0.00000162. The van der Waals surface area contributed by atoms with Gasteiger partial charge in [-0.05, 0) is 47.6 Å². The average molecular weight is 354 g/mol. The summed E-state index contributed by atoms with van der Waals surface area (Å²) in [6.45, 7) is 1.58. The van der Waals surface area contributed by atoms with Crippen LogP contribution in [0.1, 0.15) is 16.8 Å². The molecule has 1 aliphatic heterocycles. The van der Waals surface area contributed by atoms with E-state index in [4.69, 9.17) is 11.6 Å². The first kappa shape index (κ1) is 15.8. The summed E-state index contributed by atoms with van der Waals surface area (Å²) in [5.41, 5.74) is 0.679. The van der Waals surface area contributed by atoms with Gasteiger partial charge in [0.05, 0.1) is 5.02 Å². The first-order chi connectivity index (χ1) is 8.11. The number of halogens is 3. The Kier molecular flexibility index (Phi) is 5.92. The number of likely N-dealkylation sites (N-methyl/N-ethyl adjacent to an activating group) is 1. The van der Waals surface area contributed by atoms with Crippen LogP contribution in [0.2, 0.25) is 5.02 Å². The maximum atomic E-state index is 12.2. The topological polar surface area (TPSA) is 32.3 Å². The second-order valence-corrected chi connectivity index (χ2v) is 5.42. The Hall–Kier alpha value is -0.290. The van der Waals surface area contributed by atoms with Crippen LogP contribution in [0.5, 0.6) is 0 Å². The van der Waals surface area contributed by atoms with Crippen molar-refractivity contribution in [2.75, 3.05) is 20.1 Å². The van der Waals surface area contributed by atoms with Gasteiger partial charge in [0.2, 0.25) is 0 Å². The highest BCUT2D eigenvalue weighted by atomic mass is 79.9. The number of carbonyl (C=O) groups excluding carboxylic acids is 1. The van der Waals surface area contributed by atoms with Gasteiger partial charge in [-0.2, -0.15) is 0 Å². The van der Waals surface area contributed by atoms with Gasteiger partial charge in [-0.3, -0.25) is 4.79 Å². The normalized spacial score (nSPS) is 18.6. The summed E-state index contributed by atoms with van der Waals surface area (Å²) in [4.78, 5) is 14.1. The van der Waals surface area contributed by atoms with Crippen LogP contribution in [0.15, 0.2) is 22.7 Å². The summed E-state index contributed by atoms with van der Waals surface area (Å²) >= 11 is 9.24. The fourth-order valence-electron chi connectivity index (χ4n) is 1.99. The van der Waals surface area contributed by atoms with Gasteiger partial charge in [-0.1, -0.05) is 11.6 Å². The zero-order chi connectivity index (χ0) is 12.4. The predicted molar refractivity (Wildman–Crippen MR) is 79.8 cm³/mol. The van der Waals surface area contributed by atoms with Crippen LogP contribution in [0.3, 0.4) is 0 Å². The van der Waals surface area contributed by atoms with Crippen molar-refractivity contribution >= 4 is 45.8 Å². The molecule has 1 fully saturated rings. The zero-order valence-electron chi connectivity index (χ0n) is 9.95.